The Morgan fingerprint density at radius 1 is 0.900 bits per heavy atom. The molecule has 4 heteroatoms. The van der Waals surface area contributed by atoms with Gasteiger partial charge in [-0.05, 0) is 12.8 Å². The second-order valence-electron chi connectivity index (χ2n) is 2.25. The summed E-state index contributed by atoms with van der Waals surface area (Å²) in [6, 6.07) is 0. The van der Waals surface area contributed by atoms with Gasteiger partial charge in [-0.2, -0.15) is 25.3 Å². The molecule has 0 bridgehead atoms. The first-order valence-electron chi connectivity index (χ1n) is 3.28. The molecule has 0 fully saturated rings. The Bertz CT molecular complexity index is 70.1. The van der Waals surface area contributed by atoms with Gasteiger partial charge in [0.15, 0.2) is 0 Å². The Labute approximate surface area is 72.5 Å². The first-order valence-corrected chi connectivity index (χ1v) is 4.55. The van der Waals surface area contributed by atoms with E-state index in [-0.39, 0.29) is 0 Å². The third-order valence-electron chi connectivity index (χ3n) is 1.25. The highest BCUT2D eigenvalue weighted by atomic mass is 32.1. The van der Waals surface area contributed by atoms with Crippen LogP contribution < -0.4 is 0 Å². The smallest absolute Gasteiger partial charge is 0.0629 e. The molecule has 0 saturated heterocycles. The number of thiol groups is 2. The lowest BCUT2D eigenvalue weighted by atomic mass is 10.1. The van der Waals surface area contributed by atoms with Crippen LogP contribution in [0.5, 0.6) is 0 Å². The average Bonchev–Trinajstić information content (AvgIpc) is 1.99. The highest BCUT2D eigenvalue weighted by molar-refractivity contribution is 7.80. The fourth-order valence-electron chi connectivity index (χ4n) is 0.567. The van der Waals surface area contributed by atoms with Crippen molar-refractivity contribution in [2.45, 2.75) is 25.0 Å². The Morgan fingerprint density at radius 3 is 1.40 bits per heavy atom. The standard InChI is InChI=1S/C6H14O2S2/c7-5(3-9)1-2-6(8)4-10/h5-10H,1-4H2. The molecule has 2 N–H and O–H groups in total. The van der Waals surface area contributed by atoms with Crippen LogP contribution in [0.15, 0.2) is 0 Å². The summed E-state index contributed by atoms with van der Waals surface area (Å²) in [6.07, 6.45) is 0.423. The number of hydrogen-bond acceptors (Lipinski definition) is 4. The molecule has 0 rings (SSSR count). The molecule has 2 nitrogen and oxygen atoms in total. The van der Waals surface area contributed by atoms with Gasteiger partial charge in [-0.3, -0.25) is 0 Å². The summed E-state index contributed by atoms with van der Waals surface area (Å²) in [7, 11) is 0. The van der Waals surface area contributed by atoms with Crippen LogP contribution in [0.3, 0.4) is 0 Å². The third-order valence-corrected chi connectivity index (χ3v) is 2.10. The second kappa shape index (κ2) is 6.34. The maximum atomic E-state index is 8.99. The number of hydrogen-bond donors (Lipinski definition) is 4. The maximum Gasteiger partial charge on any atom is 0.0629 e. The number of aliphatic hydroxyl groups is 2. The van der Waals surface area contributed by atoms with Gasteiger partial charge in [-0.15, -0.1) is 0 Å². The summed E-state index contributed by atoms with van der Waals surface area (Å²) in [5, 5.41) is 18.0. The zero-order valence-corrected chi connectivity index (χ0v) is 7.56. The minimum atomic E-state index is -0.391. The molecule has 2 atom stereocenters. The SMILES string of the molecule is OC(CS)CCC(O)CS. The predicted molar refractivity (Wildman–Crippen MR) is 49.0 cm³/mol. The minimum Gasteiger partial charge on any atom is -0.392 e. The van der Waals surface area contributed by atoms with E-state index in [9.17, 15) is 0 Å². The quantitative estimate of drug-likeness (QED) is 0.463. The van der Waals surface area contributed by atoms with Crippen molar-refractivity contribution in [3.05, 3.63) is 0 Å². The molecule has 0 aliphatic heterocycles. The molecule has 10 heavy (non-hydrogen) atoms. The van der Waals surface area contributed by atoms with E-state index in [0.717, 1.165) is 0 Å². The fraction of sp³-hybridized carbons (Fsp3) is 1.00. The summed E-state index contributed by atoms with van der Waals surface area (Å²) >= 11 is 7.79. The summed E-state index contributed by atoms with van der Waals surface area (Å²) in [5.41, 5.74) is 0. The van der Waals surface area contributed by atoms with Crippen molar-refractivity contribution in [2.75, 3.05) is 11.5 Å². The lowest BCUT2D eigenvalue weighted by molar-refractivity contribution is 0.138. The first kappa shape index (κ1) is 10.6. The molecule has 0 aliphatic rings. The van der Waals surface area contributed by atoms with Crippen LogP contribution in [0, 0.1) is 0 Å². The monoisotopic (exact) mass is 182 g/mol. The van der Waals surface area contributed by atoms with Crippen molar-refractivity contribution in [2.24, 2.45) is 0 Å². The van der Waals surface area contributed by atoms with E-state index in [4.69, 9.17) is 10.2 Å². The minimum absolute atomic E-state index is 0.391. The van der Waals surface area contributed by atoms with E-state index in [2.05, 4.69) is 25.3 Å². The highest BCUT2D eigenvalue weighted by Gasteiger charge is 2.05. The molecular weight excluding hydrogens is 168 g/mol. The van der Waals surface area contributed by atoms with Crippen molar-refractivity contribution in [3.63, 3.8) is 0 Å². The van der Waals surface area contributed by atoms with Crippen LogP contribution in [0.1, 0.15) is 12.8 Å². The molecule has 0 heterocycles. The molecule has 0 aromatic carbocycles. The Morgan fingerprint density at radius 2 is 1.20 bits per heavy atom. The Hall–Kier alpha value is 0.620. The van der Waals surface area contributed by atoms with Gasteiger partial charge < -0.3 is 10.2 Å². The van der Waals surface area contributed by atoms with Crippen molar-refractivity contribution < 1.29 is 10.2 Å². The van der Waals surface area contributed by atoms with Crippen LogP contribution in [-0.2, 0) is 0 Å². The van der Waals surface area contributed by atoms with Gasteiger partial charge in [-0.1, -0.05) is 0 Å². The topological polar surface area (TPSA) is 40.5 Å². The van der Waals surface area contributed by atoms with E-state index in [1.807, 2.05) is 0 Å². The second-order valence-corrected chi connectivity index (χ2v) is 2.98. The summed E-state index contributed by atoms with van der Waals surface area (Å²) in [6.45, 7) is 0. The van der Waals surface area contributed by atoms with Crippen molar-refractivity contribution in [1.82, 2.24) is 0 Å². The molecule has 62 valence electrons. The lowest BCUT2D eigenvalue weighted by Crippen LogP contribution is -2.15. The zero-order valence-electron chi connectivity index (χ0n) is 5.77. The Balaban J connectivity index is 3.17. The summed E-state index contributed by atoms with van der Waals surface area (Å²) < 4.78 is 0. The zero-order chi connectivity index (χ0) is 7.98. The van der Waals surface area contributed by atoms with E-state index >= 15 is 0 Å². The Kier molecular flexibility index (Phi) is 6.73. The van der Waals surface area contributed by atoms with Crippen LogP contribution >= 0.6 is 25.3 Å². The molecule has 0 saturated carbocycles. The molecule has 0 aliphatic carbocycles. The lowest BCUT2D eigenvalue weighted by Gasteiger charge is -2.09. The summed E-state index contributed by atoms with van der Waals surface area (Å²) in [4.78, 5) is 0. The van der Waals surface area contributed by atoms with Crippen LogP contribution in [0.2, 0.25) is 0 Å². The van der Waals surface area contributed by atoms with Crippen LogP contribution in [0.4, 0.5) is 0 Å². The van der Waals surface area contributed by atoms with Crippen molar-refractivity contribution >= 4 is 25.3 Å². The van der Waals surface area contributed by atoms with Gasteiger partial charge in [0.05, 0.1) is 12.2 Å². The van der Waals surface area contributed by atoms with E-state index in [1.54, 1.807) is 0 Å². The highest BCUT2D eigenvalue weighted by Crippen LogP contribution is 2.03. The number of aliphatic hydroxyl groups excluding tert-OH is 2. The average molecular weight is 182 g/mol. The molecule has 0 amide bonds. The van der Waals surface area contributed by atoms with Crippen LogP contribution in [0.25, 0.3) is 0 Å². The van der Waals surface area contributed by atoms with Crippen LogP contribution in [-0.4, -0.2) is 33.9 Å². The van der Waals surface area contributed by atoms with Crippen molar-refractivity contribution in [1.29, 1.82) is 0 Å². The van der Waals surface area contributed by atoms with Gasteiger partial charge in [0.1, 0.15) is 0 Å². The molecule has 0 aromatic rings. The predicted octanol–water partition coefficient (Wildman–Crippen LogP) is 0.348. The van der Waals surface area contributed by atoms with Gasteiger partial charge >= 0.3 is 0 Å². The summed E-state index contributed by atoms with van der Waals surface area (Å²) in [5.74, 6) is 0.915. The van der Waals surface area contributed by atoms with Gasteiger partial charge in [0, 0.05) is 11.5 Å². The van der Waals surface area contributed by atoms with Gasteiger partial charge in [0.2, 0.25) is 0 Å². The molecule has 0 aromatic heterocycles. The molecule has 2 unspecified atom stereocenters. The normalized spacial score (nSPS) is 16.8. The fourth-order valence-corrected chi connectivity index (χ4v) is 0.932. The first-order chi connectivity index (χ1) is 4.70. The van der Waals surface area contributed by atoms with E-state index in [1.165, 1.54) is 0 Å². The maximum absolute atomic E-state index is 8.99. The number of rotatable bonds is 5. The van der Waals surface area contributed by atoms with E-state index in [0.29, 0.717) is 24.3 Å². The van der Waals surface area contributed by atoms with E-state index < -0.39 is 12.2 Å². The van der Waals surface area contributed by atoms with Gasteiger partial charge in [0.25, 0.3) is 0 Å². The molecule has 0 radical (unpaired) electrons. The molecule has 0 spiro atoms. The van der Waals surface area contributed by atoms with Crippen molar-refractivity contribution in [3.8, 4) is 0 Å². The van der Waals surface area contributed by atoms with Gasteiger partial charge in [-0.25, -0.2) is 0 Å². The largest absolute Gasteiger partial charge is 0.392 e. The molecular formula is C6H14O2S2. The third kappa shape index (κ3) is 5.41.